The Balaban J connectivity index is 0.000000212. The van der Waals surface area contributed by atoms with Crippen LogP contribution in [0.25, 0.3) is 27.5 Å². The van der Waals surface area contributed by atoms with Crippen molar-refractivity contribution in [3.8, 4) is 5.69 Å². The molecule has 4 N–H and O–H groups in total. The average Bonchev–Trinajstić information content (AvgIpc) is 3.47. The van der Waals surface area contributed by atoms with Crippen LogP contribution in [0.5, 0.6) is 0 Å². The summed E-state index contributed by atoms with van der Waals surface area (Å²) >= 11 is 0. The van der Waals surface area contributed by atoms with E-state index in [-0.39, 0.29) is 31.5 Å². The normalized spacial score (nSPS) is 11.5. The Kier molecular flexibility index (Phi) is 8.26. The standard InChI is InChI=1S/C11H9N7O6S.C9H7FN4O6S/c1-25(23,24)15-17-10(19)6-4-8(16-3-2-12-14-16)9(18(21)22)5-7(6)13-11(17)20;1-21(19,20)12-13-8(15)4-2-5(10)7(14(17)18)3-6(4)11-9(13)16/h2-5,15H,1H3,(H,13,20);2-3,12H,1H3,(H,11,16). The molecular formula is C20H16FN11O12S2. The van der Waals surface area contributed by atoms with Gasteiger partial charge in [0.2, 0.25) is 25.9 Å². The second-order valence-corrected chi connectivity index (χ2v) is 12.4. The molecule has 0 fully saturated rings. The van der Waals surface area contributed by atoms with Crippen LogP contribution >= 0.6 is 0 Å². The highest BCUT2D eigenvalue weighted by molar-refractivity contribution is 7.91. The lowest BCUT2D eigenvalue weighted by molar-refractivity contribution is -0.387. The molecule has 0 aliphatic rings. The zero-order valence-electron chi connectivity index (χ0n) is 22.7. The molecule has 242 valence electrons. The number of aromatic amines is 2. The van der Waals surface area contributed by atoms with Crippen molar-refractivity contribution in [1.29, 1.82) is 0 Å². The summed E-state index contributed by atoms with van der Waals surface area (Å²) in [5.74, 6) is -1.29. The van der Waals surface area contributed by atoms with E-state index in [1.165, 1.54) is 12.4 Å². The number of nitro benzene ring substituents is 2. The molecule has 5 rings (SSSR count). The molecule has 5 aromatic rings. The van der Waals surface area contributed by atoms with Gasteiger partial charge in [-0.25, -0.2) is 40.8 Å². The van der Waals surface area contributed by atoms with Gasteiger partial charge in [-0.1, -0.05) is 5.21 Å². The SMILES string of the molecule is CS(=O)(=O)Nn1c(=O)[nH]c2cc([N+](=O)[O-])c(-n3ccnn3)cc2c1=O.CS(=O)(=O)Nn1c(=O)[nH]c2cc([N+](=O)[O-])c(F)cc2c1=O. The summed E-state index contributed by atoms with van der Waals surface area (Å²) in [7, 11) is -7.84. The van der Waals surface area contributed by atoms with Gasteiger partial charge in [0.1, 0.15) is 5.69 Å². The van der Waals surface area contributed by atoms with E-state index in [2.05, 4.69) is 20.3 Å². The number of benzene rings is 2. The van der Waals surface area contributed by atoms with Crippen molar-refractivity contribution in [2.24, 2.45) is 0 Å². The lowest BCUT2D eigenvalue weighted by Crippen LogP contribution is -2.43. The van der Waals surface area contributed by atoms with E-state index in [4.69, 9.17) is 0 Å². The molecule has 3 heterocycles. The second-order valence-electron chi connectivity index (χ2n) is 8.97. The minimum atomic E-state index is -3.93. The monoisotopic (exact) mass is 685 g/mol. The molecule has 0 aliphatic heterocycles. The molecule has 0 radical (unpaired) electrons. The molecular weight excluding hydrogens is 669 g/mol. The fourth-order valence-corrected chi connectivity index (χ4v) is 4.77. The Labute approximate surface area is 250 Å². The number of nitrogens with zero attached hydrogens (tertiary/aromatic N) is 7. The topological polar surface area (TPSA) is 319 Å². The second kappa shape index (κ2) is 11.6. The van der Waals surface area contributed by atoms with Crippen molar-refractivity contribution in [1.82, 2.24) is 34.3 Å². The smallest absolute Gasteiger partial charge is 0.305 e. The maximum absolute atomic E-state index is 13.5. The third-order valence-corrected chi connectivity index (χ3v) is 6.56. The number of halogens is 1. The minimum Gasteiger partial charge on any atom is -0.305 e. The van der Waals surface area contributed by atoms with Crippen LogP contribution < -0.4 is 32.2 Å². The van der Waals surface area contributed by atoms with Gasteiger partial charge >= 0.3 is 17.1 Å². The van der Waals surface area contributed by atoms with E-state index in [0.717, 1.165) is 23.1 Å². The third kappa shape index (κ3) is 6.75. The first-order valence-corrected chi connectivity index (χ1v) is 15.5. The zero-order chi connectivity index (χ0) is 34.3. The number of fused-ring (bicyclic) bond motifs is 2. The summed E-state index contributed by atoms with van der Waals surface area (Å²) in [4.78, 5) is 75.7. The van der Waals surface area contributed by atoms with Gasteiger partial charge in [-0.2, -0.15) is 13.7 Å². The molecule has 0 unspecified atom stereocenters. The summed E-state index contributed by atoms with van der Waals surface area (Å²) in [6, 6.07) is 3.32. The molecule has 0 spiro atoms. The van der Waals surface area contributed by atoms with Crippen LogP contribution in [0.4, 0.5) is 15.8 Å². The average molecular weight is 686 g/mol. The van der Waals surface area contributed by atoms with Gasteiger partial charge in [-0.15, -0.1) is 5.10 Å². The van der Waals surface area contributed by atoms with Crippen LogP contribution in [-0.4, -0.2) is 73.5 Å². The first-order chi connectivity index (χ1) is 21.3. The van der Waals surface area contributed by atoms with Crippen LogP contribution in [-0.2, 0) is 20.0 Å². The largest absolute Gasteiger partial charge is 0.348 e. The van der Waals surface area contributed by atoms with Gasteiger partial charge in [0.25, 0.3) is 16.8 Å². The number of hydrogen-bond acceptors (Lipinski definition) is 14. The van der Waals surface area contributed by atoms with Crippen LogP contribution in [0.1, 0.15) is 0 Å². The number of H-pyrrole nitrogens is 2. The Morgan fingerprint density at radius 3 is 1.65 bits per heavy atom. The van der Waals surface area contributed by atoms with Gasteiger partial charge < -0.3 is 9.97 Å². The quantitative estimate of drug-likeness (QED) is 0.106. The van der Waals surface area contributed by atoms with E-state index in [9.17, 15) is 60.6 Å². The van der Waals surface area contributed by atoms with Gasteiger partial charge in [0.05, 0.1) is 56.6 Å². The summed E-state index contributed by atoms with van der Waals surface area (Å²) in [5, 5.41) is 28.4. The molecule has 0 saturated heterocycles. The first-order valence-electron chi connectivity index (χ1n) is 11.7. The number of nitro groups is 2. The van der Waals surface area contributed by atoms with E-state index in [1.807, 2.05) is 0 Å². The van der Waals surface area contributed by atoms with Crippen molar-refractivity contribution < 1.29 is 31.1 Å². The first kappa shape index (κ1) is 32.6. The predicted molar refractivity (Wildman–Crippen MR) is 154 cm³/mol. The molecule has 0 saturated carbocycles. The number of rotatable bonds is 7. The molecule has 23 nitrogen and oxygen atoms in total. The predicted octanol–water partition coefficient (Wildman–Crippen LogP) is -2.08. The lowest BCUT2D eigenvalue weighted by Gasteiger charge is -2.08. The molecule has 46 heavy (non-hydrogen) atoms. The van der Waals surface area contributed by atoms with Crippen LogP contribution in [0.15, 0.2) is 55.8 Å². The summed E-state index contributed by atoms with van der Waals surface area (Å²) in [6.45, 7) is 0. The van der Waals surface area contributed by atoms with Gasteiger partial charge in [0.15, 0.2) is 0 Å². The Morgan fingerprint density at radius 1 is 0.783 bits per heavy atom. The van der Waals surface area contributed by atoms with Gasteiger partial charge in [-0.05, 0) is 12.1 Å². The zero-order valence-corrected chi connectivity index (χ0v) is 24.3. The van der Waals surface area contributed by atoms with Crippen LogP contribution in [0, 0.1) is 26.0 Å². The van der Waals surface area contributed by atoms with E-state index in [1.54, 1.807) is 9.66 Å². The molecule has 0 bridgehead atoms. The van der Waals surface area contributed by atoms with Crippen molar-refractivity contribution >= 4 is 53.2 Å². The summed E-state index contributed by atoms with van der Waals surface area (Å²) < 4.78 is 59.7. The molecule has 26 heteroatoms. The summed E-state index contributed by atoms with van der Waals surface area (Å²) in [6.07, 6.45) is 4.08. The molecule has 0 atom stereocenters. The fourth-order valence-electron chi connectivity index (χ4n) is 3.77. The van der Waals surface area contributed by atoms with Crippen molar-refractivity contribution in [2.45, 2.75) is 0 Å². The van der Waals surface area contributed by atoms with E-state index < -0.39 is 75.0 Å². The maximum atomic E-state index is 13.5. The number of nitrogens with one attached hydrogen (secondary N) is 4. The number of sulfonamides is 2. The summed E-state index contributed by atoms with van der Waals surface area (Å²) in [5.41, 5.74) is -6.27. The van der Waals surface area contributed by atoms with Crippen LogP contribution in [0.3, 0.4) is 0 Å². The highest BCUT2D eigenvalue weighted by Crippen LogP contribution is 2.25. The maximum Gasteiger partial charge on any atom is 0.348 e. The highest BCUT2D eigenvalue weighted by atomic mass is 32.2. The van der Waals surface area contributed by atoms with E-state index >= 15 is 0 Å². The minimum absolute atomic E-state index is 0.0787. The molecule has 0 amide bonds. The van der Waals surface area contributed by atoms with Crippen molar-refractivity contribution in [3.63, 3.8) is 0 Å². The van der Waals surface area contributed by atoms with Gasteiger partial charge in [-0.3, -0.25) is 29.8 Å². The Hall–Kier alpha value is -6.31. The molecule has 0 aliphatic carbocycles. The molecule has 2 aromatic carbocycles. The van der Waals surface area contributed by atoms with E-state index in [0.29, 0.717) is 18.4 Å². The van der Waals surface area contributed by atoms with Crippen LogP contribution in [0.2, 0.25) is 0 Å². The number of hydrogen-bond donors (Lipinski definition) is 4. The Morgan fingerprint density at radius 2 is 1.24 bits per heavy atom. The van der Waals surface area contributed by atoms with Crippen molar-refractivity contribution in [2.75, 3.05) is 22.2 Å². The van der Waals surface area contributed by atoms with Crippen molar-refractivity contribution in [3.05, 3.63) is 104 Å². The highest BCUT2D eigenvalue weighted by Gasteiger charge is 2.22. The van der Waals surface area contributed by atoms with Gasteiger partial charge in [0, 0.05) is 12.1 Å². The Bertz CT molecular complexity index is 2540. The fraction of sp³-hybridized carbons (Fsp3) is 0.100. The molecule has 3 aromatic heterocycles. The number of aromatic nitrogens is 7. The third-order valence-electron chi connectivity index (χ3n) is 5.54. The lowest BCUT2D eigenvalue weighted by atomic mass is 10.2.